The molecule has 6 nitrogen and oxygen atoms in total. The fourth-order valence-corrected chi connectivity index (χ4v) is 4.95. The van der Waals surface area contributed by atoms with Crippen molar-refractivity contribution in [3.05, 3.63) is 50.7 Å². The number of amides is 1. The SMILES string of the molecule is CCC(CCc1ccc(OCC(O)C(C)(C)C)c(C)c1)c1cc(C)c(C(=O)NC(C)(C)C(=O)O)s1. The van der Waals surface area contributed by atoms with Crippen LogP contribution in [-0.4, -0.2) is 40.3 Å². The van der Waals surface area contributed by atoms with Crippen LogP contribution in [0.3, 0.4) is 0 Å². The number of aliphatic hydroxyl groups is 1. The summed E-state index contributed by atoms with van der Waals surface area (Å²) in [4.78, 5) is 25.8. The predicted molar refractivity (Wildman–Crippen MR) is 142 cm³/mol. The molecule has 0 aliphatic carbocycles. The van der Waals surface area contributed by atoms with Crippen LogP contribution in [0.15, 0.2) is 24.3 Å². The Labute approximate surface area is 213 Å². The van der Waals surface area contributed by atoms with E-state index in [1.54, 1.807) is 0 Å². The Balaban J connectivity index is 2.05. The normalized spacial score (nSPS) is 13.9. The summed E-state index contributed by atoms with van der Waals surface area (Å²) >= 11 is 1.46. The van der Waals surface area contributed by atoms with Crippen LogP contribution < -0.4 is 10.1 Å². The summed E-state index contributed by atoms with van der Waals surface area (Å²) in [5, 5.41) is 22.2. The van der Waals surface area contributed by atoms with E-state index in [0.717, 1.165) is 41.0 Å². The van der Waals surface area contributed by atoms with Crippen LogP contribution in [0.2, 0.25) is 0 Å². The summed E-state index contributed by atoms with van der Waals surface area (Å²) in [6.07, 6.45) is 2.25. The highest BCUT2D eigenvalue weighted by Crippen LogP contribution is 2.34. The lowest BCUT2D eigenvalue weighted by molar-refractivity contribution is -0.143. The first-order chi connectivity index (χ1) is 16.2. The topological polar surface area (TPSA) is 95.9 Å². The zero-order chi connectivity index (χ0) is 26.6. The number of carbonyl (C=O) groups excluding carboxylic acids is 1. The first-order valence-corrected chi connectivity index (χ1v) is 13.0. The van der Waals surface area contributed by atoms with Crippen molar-refractivity contribution >= 4 is 23.2 Å². The lowest BCUT2D eigenvalue weighted by Gasteiger charge is -2.26. The second kappa shape index (κ2) is 11.6. The van der Waals surface area contributed by atoms with E-state index in [9.17, 15) is 19.8 Å². The zero-order valence-electron chi connectivity index (χ0n) is 22.3. The average Bonchev–Trinajstić information content (AvgIpc) is 3.13. The van der Waals surface area contributed by atoms with E-state index in [0.29, 0.717) is 10.8 Å². The fraction of sp³-hybridized carbons (Fsp3) is 0.571. The highest BCUT2D eigenvalue weighted by atomic mass is 32.1. The Bertz CT molecular complexity index is 1030. The summed E-state index contributed by atoms with van der Waals surface area (Å²) in [5.74, 6) is -0.309. The van der Waals surface area contributed by atoms with E-state index in [2.05, 4.69) is 30.4 Å². The number of hydrogen-bond acceptors (Lipinski definition) is 5. The molecule has 0 bridgehead atoms. The van der Waals surface area contributed by atoms with E-state index in [4.69, 9.17) is 4.74 Å². The molecule has 0 saturated carbocycles. The minimum atomic E-state index is -1.32. The first-order valence-electron chi connectivity index (χ1n) is 12.2. The van der Waals surface area contributed by atoms with E-state index >= 15 is 0 Å². The molecule has 2 atom stereocenters. The van der Waals surface area contributed by atoms with Gasteiger partial charge < -0.3 is 20.3 Å². The van der Waals surface area contributed by atoms with Crippen molar-refractivity contribution in [3.8, 4) is 5.75 Å². The highest BCUT2D eigenvalue weighted by molar-refractivity contribution is 7.14. The molecule has 0 spiro atoms. The van der Waals surface area contributed by atoms with E-state index in [1.165, 1.54) is 30.7 Å². The third kappa shape index (κ3) is 7.80. The van der Waals surface area contributed by atoms with Crippen molar-refractivity contribution in [3.63, 3.8) is 0 Å². The van der Waals surface area contributed by atoms with Crippen LogP contribution in [0.25, 0.3) is 0 Å². The number of hydrogen-bond donors (Lipinski definition) is 3. The van der Waals surface area contributed by atoms with Gasteiger partial charge in [-0.3, -0.25) is 4.79 Å². The molecular formula is C28H41NO5S. The molecule has 2 rings (SSSR count). The molecule has 1 aromatic heterocycles. The molecule has 1 heterocycles. The van der Waals surface area contributed by atoms with Crippen LogP contribution in [-0.2, 0) is 11.2 Å². The number of carboxylic acid groups (broad SMARTS) is 1. The molecule has 2 unspecified atom stereocenters. The van der Waals surface area contributed by atoms with E-state index in [1.807, 2.05) is 40.7 Å². The summed E-state index contributed by atoms with van der Waals surface area (Å²) in [6, 6.07) is 8.25. The molecule has 194 valence electrons. The molecule has 0 radical (unpaired) electrons. The Morgan fingerprint density at radius 3 is 2.29 bits per heavy atom. The van der Waals surface area contributed by atoms with Crippen LogP contribution in [0.5, 0.6) is 5.75 Å². The van der Waals surface area contributed by atoms with Gasteiger partial charge in [0.25, 0.3) is 5.91 Å². The molecule has 0 aliphatic heterocycles. The van der Waals surface area contributed by atoms with Gasteiger partial charge in [0.1, 0.15) is 17.9 Å². The van der Waals surface area contributed by atoms with Crippen molar-refractivity contribution in [2.75, 3.05) is 6.61 Å². The van der Waals surface area contributed by atoms with Gasteiger partial charge in [-0.15, -0.1) is 11.3 Å². The number of nitrogens with one attached hydrogen (secondary N) is 1. The number of carboxylic acids is 1. The van der Waals surface area contributed by atoms with Gasteiger partial charge in [0.15, 0.2) is 0 Å². The van der Waals surface area contributed by atoms with Gasteiger partial charge in [0, 0.05) is 4.88 Å². The van der Waals surface area contributed by atoms with Crippen molar-refractivity contribution < 1.29 is 24.5 Å². The monoisotopic (exact) mass is 503 g/mol. The van der Waals surface area contributed by atoms with Crippen LogP contribution in [0.1, 0.15) is 91.5 Å². The van der Waals surface area contributed by atoms with Gasteiger partial charge in [-0.2, -0.15) is 0 Å². The number of aliphatic hydroxyl groups excluding tert-OH is 1. The van der Waals surface area contributed by atoms with Crippen LogP contribution >= 0.6 is 11.3 Å². The summed E-state index contributed by atoms with van der Waals surface area (Å²) in [7, 11) is 0. The summed E-state index contributed by atoms with van der Waals surface area (Å²) in [5.41, 5.74) is 1.59. The molecular weight excluding hydrogens is 462 g/mol. The molecule has 0 fully saturated rings. The lowest BCUT2D eigenvalue weighted by atomic mass is 9.90. The maximum absolute atomic E-state index is 12.7. The molecule has 1 amide bonds. The number of benzene rings is 1. The van der Waals surface area contributed by atoms with E-state index < -0.39 is 17.6 Å². The van der Waals surface area contributed by atoms with Gasteiger partial charge in [0.2, 0.25) is 0 Å². The molecule has 0 aliphatic rings. The van der Waals surface area contributed by atoms with Gasteiger partial charge in [-0.05, 0) is 87.1 Å². The third-order valence-electron chi connectivity index (χ3n) is 6.42. The van der Waals surface area contributed by atoms with Gasteiger partial charge in [0.05, 0.1) is 11.0 Å². The van der Waals surface area contributed by atoms with Crippen molar-refractivity contribution in [2.24, 2.45) is 5.41 Å². The number of ether oxygens (including phenoxy) is 1. The Morgan fingerprint density at radius 2 is 1.74 bits per heavy atom. The van der Waals surface area contributed by atoms with Gasteiger partial charge in [-0.1, -0.05) is 39.8 Å². The Morgan fingerprint density at radius 1 is 1.09 bits per heavy atom. The molecule has 3 N–H and O–H groups in total. The molecule has 0 saturated heterocycles. The molecule has 2 aromatic rings. The maximum Gasteiger partial charge on any atom is 0.328 e. The minimum Gasteiger partial charge on any atom is -0.491 e. The smallest absolute Gasteiger partial charge is 0.328 e. The highest BCUT2D eigenvalue weighted by Gasteiger charge is 2.31. The Kier molecular flexibility index (Phi) is 9.54. The quantitative estimate of drug-likeness (QED) is 0.356. The van der Waals surface area contributed by atoms with Crippen molar-refractivity contribution in [2.45, 2.75) is 92.2 Å². The van der Waals surface area contributed by atoms with Crippen LogP contribution in [0, 0.1) is 19.3 Å². The second-order valence-corrected chi connectivity index (χ2v) is 12.1. The molecule has 1 aromatic carbocycles. The summed E-state index contributed by atoms with van der Waals surface area (Å²) in [6.45, 7) is 15.3. The van der Waals surface area contributed by atoms with Gasteiger partial charge in [-0.25, -0.2) is 4.79 Å². The maximum atomic E-state index is 12.7. The number of aryl methyl sites for hydroxylation is 3. The number of rotatable bonds is 11. The average molecular weight is 504 g/mol. The number of thiophene rings is 1. The largest absolute Gasteiger partial charge is 0.491 e. The Hall–Kier alpha value is -2.38. The third-order valence-corrected chi connectivity index (χ3v) is 7.81. The number of carbonyl (C=O) groups is 2. The molecule has 35 heavy (non-hydrogen) atoms. The molecule has 7 heteroatoms. The number of aliphatic carboxylic acids is 1. The lowest BCUT2D eigenvalue weighted by Crippen LogP contribution is -2.49. The van der Waals surface area contributed by atoms with Crippen LogP contribution in [0.4, 0.5) is 0 Å². The zero-order valence-corrected chi connectivity index (χ0v) is 23.1. The van der Waals surface area contributed by atoms with Crippen molar-refractivity contribution in [1.29, 1.82) is 0 Å². The van der Waals surface area contributed by atoms with Crippen molar-refractivity contribution in [1.82, 2.24) is 5.32 Å². The second-order valence-electron chi connectivity index (χ2n) is 11.0. The fourth-order valence-electron chi connectivity index (χ4n) is 3.66. The standard InChI is InChI=1S/C28H41NO5S/c1-9-20(22-15-18(3)24(35-22)25(31)29-28(7,8)26(32)33)12-10-19-11-13-21(17(2)14-19)34-16-23(30)27(4,5)6/h11,13-15,20,23,30H,9-10,12,16H2,1-8H3,(H,29,31)(H,32,33). The summed E-state index contributed by atoms with van der Waals surface area (Å²) < 4.78 is 5.86. The van der Waals surface area contributed by atoms with E-state index in [-0.39, 0.29) is 17.9 Å². The first kappa shape index (κ1) is 28.9. The minimum absolute atomic E-state index is 0.226. The predicted octanol–water partition coefficient (Wildman–Crippen LogP) is 5.87. The van der Waals surface area contributed by atoms with Gasteiger partial charge >= 0.3 is 5.97 Å².